The quantitative estimate of drug-likeness (QED) is 0.301. The lowest BCUT2D eigenvalue weighted by atomic mass is 10.2. The number of ether oxygens (including phenoxy) is 2. The molecule has 9 heteroatoms. The van der Waals surface area contributed by atoms with E-state index in [0.29, 0.717) is 29.2 Å². The Kier molecular flexibility index (Phi) is 7.45. The standard InChI is InChI=1S/C23H22N2O6S/c1-3-30-22-15-17(13-14-21(22)29-2)23(26)25-24-16-18-9-7-8-12-20(18)31-32(27,28)19-10-5-4-6-11-19/h4-16H,3H2,1-2H3,(H,25,26)/b24-16+. The third-order valence-electron chi connectivity index (χ3n) is 4.25. The molecule has 3 rings (SSSR count). The van der Waals surface area contributed by atoms with Gasteiger partial charge in [-0.3, -0.25) is 4.79 Å². The average Bonchev–Trinajstić information content (AvgIpc) is 2.80. The molecule has 0 radical (unpaired) electrons. The van der Waals surface area contributed by atoms with Crippen LogP contribution in [-0.2, 0) is 10.1 Å². The number of carbonyl (C=O) groups is 1. The number of nitrogens with one attached hydrogen (secondary N) is 1. The van der Waals surface area contributed by atoms with Crippen molar-refractivity contribution in [3.8, 4) is 17.2 Å². The van der Waals surface area contributed by atoms with Gasteiger partial charge < -0.3 is 13.7 Å². The van der Waals surface area contributed by atoms with Crippen LogP contribution >= 0.6 is 0 Å². The number of amides is 1. The van der Waals surface area contributed by atoms with Crippen molar-refractivity contribution in [2.75, 3.05) is 13.7 Å². The zero-order chi connectivity index (χ0) is 23.0. The minimum atomic E-state index is -4.01. The van der Waals surface area contributed by atoms with E-state index in [1.807, 2.05) is 6.92 Å². The molecule has 0 aliphatic carbocycles. The van der Waals surface area contributed by atoms with Crippen LogP contribution < -0.4 is 19.1 Å². The van der Waals surface area contributed by atoms with Gasteiger partial charge >= 0.3 is 10.1 Å². The van der Waals surface area contributed by atoms with Crippen molar-refractivity contribution in [3.05, 3.63) is 83.9 Å². The maximum Gasteiger partial charge on any atom is 0.339 e. The highest BCUT2D eigenvalue weighted by Crippen LogP contribution is 2.28. The molecule has 0 saturated heterocycles. The van der Waals surface area contributed by atoms with Crippen LogP contribution in [-0.4, -0.2) is 34.3 Å². The van der Waals surface area contributed by atoms with E-state index in [2.05, 4.69) is 10.5 Å². The van der Waals surface area contributed by atoms with Gasteiger partial charge in [0, 0.05) is 11.1 Å². The summed E-state index contributed by atoms with van der Waals surface area (Å²) in [6, 6.07) is 19.0. The number of benzene rings is 3. The highest BCUT2D eigenvalue weighted by molar-refractivity contribution is 7.87. The van der Waals surface area contributed by atoms with Crippen LogP contribution in [0.3, 0.4) is 0 Å². The zero-order valence-electron chi connectivity index (χ0n) is 17.5. The van der Waals surface area contributed by atoms with E-state index in [0.717, 1.165) is 0 Å². The Bertz CT molecular complexity index is 1210. The maximum absolute atomic E-state index is 12.5. The number of hydrogen-bond donors (Lipinski definition) is 1. The molecule has 1 N–H and O–H groups in total. The first-order chi connectivity index (χ1) is 15.4. The first kappa shape index (κ1) is 22.8. The Morgan fingerprint density at radius 2 is 1.69 bits per heavy atom. The molecular weight excluding hydrogens is 432 g/mol. The number of nitrogens with zero attached hydrogens (tertiary/aromatic N) is 1. The Morgan fingerprint density at radius 1 is 0.969 bits per heavy atom. The maximum atomic E-state index is 12.5. The molecule has 0 spiro atoms. The Labute approximate surface area is 186 Å². The van der Waals surface area contributed by atoms with Gasteiger partial charge in [0.2, 0.25) is 0 Å². The van der Waals surface area contributed by atoms with E-state index >= 15 is 0 Å². The first-order valence-electron chi connectivity index (χ1n) is 9.67. The van der Waals surface area contributed by atoms with Crippen LogP contribution in [0.1, 0.15) is 22.8 Å². The van der Waals surface area contributed by atoms with Gasteiger partial charge in [0.05, 0.1) is 19.9 Å². The van der Waals surface area contributed by atoms with Crippen molar-refractivity contribution in [3.63, 3.8) is 0 Å². The van der Waals surface area contributed by atoms with Gasteiger partial charge in [-0.1, -0.05) is 30.3 Å². The molecular formula is C23H22N2O6S. The number of hydrazone groups is 1. The summed E-state index contributed by atoms with van der Waals surface area (Å²) in [5, 5.41) is 3.93. The fourth-order valence-corrected chi connectivity index (χ4v) is 3.70. The first-order valence-corrected chi connectivity index (χ1v) is 11.1. The number of methoxy groups -OCH3 is 1. The van der Waals surface area contributed by atoms with Crippen molar-refractivity contribution in [2.24, 2.45) is 5.10 Å². The third-order valence-corrected chi connectivity index (χ3v) is 5.49. The van der Waals surface area contributed by atoms with Gasteiger partial charge in [0.1, 0.15) is 4.90 Å². The molecule has 0 heterocycles. The number of hydrogen-bond acceptors (Lipinski definition) is 7. The molecule has 3 aromatic carbocycles. The number of rotatable bonds is 9. The van der Waals surface area contributed by atoms with Crippen molar-refractivity contribution in [1.29, 1.82) is 0 Å². The van der Waals surface area contributed by atoms with E-state index < -0.39 is 16.0 Å². The van der Waals surface area contributed by atoms with Crippen molar-refractivity contribution in [1.82, 2.24) is 5.43 Å². The normalized spacial score (nSPS) is 11.2. The lowest BCUT2D eigenvalue weighted by Crippen LogP contribution is -2.18. The number of para-hydroxylation sites is 1. The molecule has 3 aromatic rings. The SMILES string of the molecule is CCOc1cc(C(=O)N/N=C/c2ccccc2OS(=O)(=O)c2ccccc2)ccc1OC. The minimum Gasteiger partial charge on any atom is -0.493 e. The second-order valence-electron chi connectivity index (χ2n) is 6.39. The predicted molar refractivity (Wildman–Crippen MR) is 120 cm³/mol. The summed E-state index contributed by atoms with van der Waals surface area (Å²) < 4.78 is 40.9. The summed E-state index contributed by atoms with van der Waals surface area (Å²) >= 11 is 0. The molecule has 1 amide bonds. The van der Waals surface area contributed by atoms with Gasteiger partial charge in [0.25, 0.3) is 5.91 Å². The van der Waals surface area contributed by atoms with Crippen LogP contribution in [0, 0.1) is 0 Å². The lowest BCUT2D eigenvalue weighted by molar-refractivity contribution is 0.0954. The minimum absolute atomic E-state index is 0.0321. The summed E-state index contributed by atoms with van der Waals surface area (Å²) in [6.07, 6.45) is 1.31. The van der Waals surface area contributed by atoms with Crippen LogP contribution in [0.15, 0.2) is 82.8 Å². The van der Waals surface area contributed by atoms with Crippen molar-refractivity contribution in [2.45, 2.75) is 11.8 Å². The summed E-state index contributed by atoms with van der Waals surface area (Å²) in [6.45, 7) is 2.25. The Morgan fingerprint density at radius 3 is 2.41 bits per heavy atom. The number of carbonyl (C=O) groups excluding carboxylic acids is 1. The van der Waals surface area contributed by atoms with E-state index in [1.54, 1.807) is 54.6 Å². The fraction of sp³-hybridized carbons (Fsp3) is 0.130. The summed E-state index contributed by atoms with van der Waals surface area (Å²) in [5.41, 5.74) is 3.10. The predicted octanol–water partition coefficient (Wildman–Crippen LogP) is 3.63. The Hall–Kier alpha value is -3.85. The molecule has 166 valence electrons. The lowest BCUT2D eigenvalue weighted by Gasteiger charge is -2.10. The van der Waals surface area contributed by atoms with Crippen LogP contribution in [0.25, 0.3) is 0 Å². The topological polar surface area (TPSA) is 103 Å². The van der Waals surface area contributed by atoms with E-state index in [4.69, 9.17) is 13.7 Å². The Balaban J connectivity index is 1.74. The van der Waals surface area contributed by atoms with Gasteiger partial charge in [-0.05, 0) is 49.4 Å². The molecule has 32 heavy (non-hydrogen) atoms. The monoisotopic (exact) mass is 454 g/mol. The molecule has 0 aromatic heterocycles. The van der Waals surface area contributed by atoms with Gasteiger partial charge in [-0.2, -0.15) is 13.5 Å². The molecule has 0 atom stereocenters. The van der Waals surface area contributed by atoms with Crippen LogP contribution in [0.5, 0.6) is 17.2 Å². The molecule has 0 saturated carbocycles. The average molecular weight is 455 g/mol. The van der Waals surface area contributed by atoms with E-state index in [1.165, 1.54) is 31.5 Å². The van der Waals surface area contributed by atoms with Gasteiger partial charge in [-0.15, -0.1) is 0 Å². The second kappa shape index (κ2) is 10.5. The van der Waals surface area contributed by atoms with Crippen LogP contribution in [0.2, 0.25) is 0 Å². The molecule has 0 bridgehead atoms. The smallest absolute Gasteiger partial charge is 0.339 e. The van der Waals surface area contributed by atoms with Crippen molar-refractivity contribution < 1.29 is 26.9 Å². The van der Waals surface area contributed by atoms with E-state index in [-0.39, 0.29) is 10.6 Å². The van der Waals surface area contributed by atoms with Gasteiger partial charge in [0.15, 0.2) is 17.2 Å². The summed E-state index contributed by atoms with van der Waals surface area (Å²) in [7, 11) is -2.50. The summed E-state index contributed by atoms with van der Waals surface area (Å²) in [4.78, 5) is 12.5. The fourth-order valence-electron chi connectivity index (χ4n) is 2.73. The molecule has 0 unspecified atom stereocenters. The van der Waals surface area contributed by atoms with Crippen LogP contribution in [0.4, 0.5) is 0 Å². The largest absolute Gasteiger partial charge is 0.493 e. The molecule has 0 aliphatic heterocycles. The van der Waals surface area contributed by atoms with Crippen molar-refractivity contribution >= 4 is 22.2 Å². The van der Waals surface area contributed by atoms with Gasteiger partial charge in [-0.25, -0.2) is 5.43 Å². The molecule has 0 aliphatic rings. The third kappa shape index (κ3) is 5.64. The molecule has 0 fully saturated rings. The van der Waals surface area contributed by atoms with E-state index in [9.17, 15) is 13.2 Å². The second-order valence-corrected chi connectivity index (χ2v) is 7.93. The highest BCUT2D eigenvalue weighted by Gasteiger charge is 2.17. The summed E-state index contributed by atoms with van der Waals surface area (Å²) in [5.74, 6) is 0.562. The molecule has 8 nitrogen and oxygen atoms in total. The zero-order valence-corrected chi connectivity index (χ0v) is 18.3. The highest BCUT2D eigenvalue weighted by atomic mass is 32.2.